The molecule has 4 nitrogen and oxygen atoms in total. The van der Waals surface area contributed by atoms with Gasteiger partial charge in [0.1, 0.15) is 0 Å². The minimum atomic E-state index is 0.538. The molecule has 4 heteroatoms. The number of benzene rings is 2. The van der Waals surface area contributed by atoms with Crippen molar-refractivity contribution in [3.05, 3.63) is 65.5 Å². The lowest BCUT2D eigenvalue weighted by Gasteiger charge is -2.08. The highest BCUT2D eigenvalue weighted by Crippen LogP contribution is 2.19. The second-order valence-corrected chi connectivity index (χ2v) is 5.17. The van der Waals surface area contributed by atoms with E-state index in [9.17, 15) is 0 Å². The zero-order valence-electron chi connectivity index (χ0n) is 12.1. The Morgan fingerprint density at radius 1 is 1.00 bits per heavy atom. The van der Waals surface area contributed by atoms with Gasteiger partial charge in [-0.1, -0.05) is 29.3 Å². The van der Waals surface area contributed by atoms with Gasteiger partial charge in [-0.25, -0.2) is 0 Å². The van der Waals surface area contributed by atoms with Crippen LogP contribution in [0.25, 0.3) is 11.5 Å². The van der Waals surface area contributed by atoms with E-state index in [1.54, 1.807) is 0 Å². The summed E-state index contributed by atoms with van der Waals surface area (Å²) in [5, 5.41) is 11.0. The Balaban J connectivity index is 1.68. The number of aryl methyl sites for hydroxylation is 2. The first kappa shape index (κ1) is 13.4. The Morgan fingerprint density at radius 2 is 1.71 bits per heavy atom. The van der Waals surface area contributed by atoms with Crippen LogP contribution in [-0.2, 0) is 6.54 Å². The van der Waals surface area contributed by atoms with E-state index in [0.717, 1.165) is 17.8 Å². The Labute approximate surface area is 123 Å². The summed E-state index contributed by atoms with van der Waals surface area (Å²) in [5.74, 6) is 0.538. The fourth-order valence-electron chi connectivity index (χ4n) is 2.40. The summed E-state index contributed by atoms with van der Waals surface area (Å²) in [6, 6.07) is 14.6. The molecule has 0 bridgehead atoms. The first-order valence-electron chi connectivity index (χ1n) is 6.88. The summed E-state index contributed by atoms with van der Waals surface area (Å²) < 4.78 is 5.17. The van der Waals surface area contributed by atoms with E-state index >= 15 is 0 Å². The summed E-state index contributed by atoms with van der Waals surface area (Å²) in [4.78, 5) is 0. The predicted octanol–water partition coefficient (Wildman–Crippen LogP) is 3.97. The van der Waals surface area contributed by atoms with Crippen LogP contribution in [0.2, 0.25) is 0 Å². The number of nitrogens with zero attached hydrogens (tertiary/aromatic N) is 2. The van der Waals surface area contributed by atoms with Crippen molar-refractivity contribution in [2.75, 3.05) is 5.32 Å². The number of hydrogen-bond donors (Lipinski definition) is 1. The molecule has 0 aliphatic heterocycles. The van der Waals surface area contributed by atoms with Gasteiger partial charge in [0.2, 0.25) is 12.3 Å². The molecule has 1 aromatic heterocycles. The highest BCUT2D eigenvalue weighted by Gasteiger charge is 2.03. The SMILES string of the molecule is Cc1cc(C)cc(CNc2ccc(-c3nnco3)cc2)c1. The van der Waals surface area contributed by atoms with Crippen molar-refractivity contribution in [2.45, 2.75) is 20.4 Å². The van der Waals surface area contributed by atoms with E-state index < -0.39 is 0 Å². The highest BCUT2D eigenvalue weighted by atomic mass is 16.4. The third kappa shape index (κ3) is 3.28. The summed E-state index contributed by atoms with van der Waals surface area (Å²) in [6.45, 7) is 5.05. The molecule has 2 aromatic carbocycles. The smallest absolute Gasteiger partial charge is 0.247 e. The van der Waals surface area contributed by atoms with E-state index in [2.05, 4.69) is 47.6 Å². The molecule has 0 unspecified atom stereocenters. The maximum atomic E-state index is 5.17. The fraction of sp³-hybridized carbons (Fsp3) is 0.176. The summed E-state index contributed by atoms with van der Waals surface area (Å²) >= 11 is 0. The molecule has 1 heterocycles. The van der Waals surface area contributed by atoms with Crippen molar-refractivity contribution >= 4 is 5.69 Å². The summed E-state index contributed by atoms with van der Waals surface area (Å²) in [5.41, 5.74) is 5.85. The summed E-state index contributed by atoms with van der Waals surface area (Å²) in [6.07, 6.45) is 1.33. The van der Waals surface area contributed by atoms with Crippen LogP contribution in [0.4, 0.5) is 5.69 Å². The van der Waals surface area contributed by atoms with Crippen molar-refractivity contribution in [1.82, 2.24) is 10.2 Å². The van der Waals surface area contributed by atoms with Crippen LogP contribution in [0.3, 0.4) is 0 Å². The molecule has 0 radical (unpaired) electrons. The molecule has 0 spiro atoms. The second kappa shape index (κ2) is 5.79. The minimum absolute atomic E-state index is 0.538. The van der Waals surface area contributed by atoms with E-state index in [1.165, 1.54) is 23.1 Å². The summed E-state index contributed by atoms with van der Waals surface area (Å²) in [7, 11) is 0. The average Bonchev–Trinajstić information content (AvgIpc) is 2.99. The predicted molar refractivity (Wildman–Crippen MR) is 83.0 cm³/mol. The topological polar surface area (TPSA) is 51.0 Å². The largest absolute Gasteiger partial charge is 0.423 e. The molecule has 0 saturated heterocycles. The van der Waals surface area contributed by atoms with E-state index in [1.807, 2.05) is 24.3 Å². The zero-order chi connectivity index (χ0) is 14.7. The molecule has 1 N–H and O–H groups in total. The lowest BCUT2D eigenvalue weighted by atomic mass is 10.1. The van der Waals surface area contributed by atoms with Gasteiger partial charge in [-0.15, -0.1) is 10.2 Å². The molecule has 0 aliphatic rings. The fourth-order valence-corrected chi connectivity index (χ4v) is 2.40. The van der Waals surface area contributed by atoms with Crippen LogP contribution in [0, 0.1) is 13.8 Å². The van der Waals surface area contributed by atoms with Crippen molar-refractivity contribution in [3.63, 3.8) is 0 Å². The van der Waals surface area contributed by atoms with Crippen LogP contribution in [-0.4, -0.2) is 10.2 Å². The number of hydrogen-bond acceptors (Lipinski definition) is 4. The monoisotopic (exact) mass is 279 g/mol. The van der Waals surface area contributed by atoms with Gasteiger partial charge in [-0.05, 0) is 43.7 Å². The molecule has 0 amide bonds. The van der Waals surface area contributed by atoms with Crippen molar-refractivity contribution in [2.24, 2.45) is 0 Å². The van der Waals surface area contributed by atoms with Crippen LogP contribution >= 0.6 is 0 Å². The van der Waals surface area contributed by atoms with E-state index in [0.29, 0.717) is 5.89 Å². The Kier molecular flexibility index (Phi) is 3.69. The van der Waals surface area contributed by atoms with Crippen LogP contribution in [0.1, 0.15) is 16.7 Å². The molecular weight excluding hydrogens is 262 g/mol. The lowest BCUT2D eigenvalue weighted by Crippen LogP contribution is -2.00. The maximum absolute atomic E-state index is 5.17. The van der Waals surface area contributed by atoms with Crippen LogP contribution < -0.4 is 5.32 Å². The third-order valence-electron chi connectivity index (χ3n) is 3.27. The van der Waals surface area contributed by atoms with Crippen LogP contribution in [0.5, 0.6) is 0 Å². The van der Waals surface area contributed by atoms with Crippen LogP contribution in [0.15, 0.2) is 53.3 Å². The second-order valence-electron chi connectivity index (χ2n) is 5.17. The lowest BCUT2D eigenvalue weighted by molar-refractivity contribution is 0.568. The number of nitrogens with one attached hydrogen (secondary N) is 1. The third-order valence-corrected chi connectivity index (χ3v) is 3.27. The van der Waals surface area contributed by atoms with E-state index in [4.69, 9.17) is 4.42 Å². The first-order chi connectivity index (χ1) is 10.2. The Bertz CT molecular complexity index is 698. The number of anilines is 1. The Hall–Kier alpha value is -2.62. The molecule has 106 valence electrons. The Morgan fingerprint density at radius 3 is 2.33 bits per heavy atom. The van der Waals surface area contributed by atoms with Crippen molar-refractivity contribution in [1.29, 1.82) is 0 Å². The van der Waals surface area contributed by atoms with Gasteiger partial charge in [0, 0.05) is 17.8 Å². The van der Waals surface area contributed by atoms with Gasteiger partial charge in [0.25, 0.3) is 0 Å². The molecule has 0 aliphatic carbocycles. The van der Waals surface area contributed by atoms with Gasteiger partial charge in [-0.3, -0.25) is 0 Å². The van der Waals surface area contributed by atoms with Crippen molar-refractivity contribution < 1.29 is 4.42 Å². The minimum Gasteiger partial charge on any atom is -0.423 e. The average molecular weight is 279 g/mol. The van der Waals surface area contributed by atoms with Gasteiger partial charge in [0.15, 0.2) is 0 Å². The van der Waals surface area contributed by atoms with Gasteiger partial charge in [0.05, 0.1) is 0 Å². The quantitative estimate of drug-likeness (QED) is 0.785. The molecular formula is C17H17N3O. The molecule has 0 atom stereocenters. The standard InChI is InChI=1S/C17H17N3O/c1-12-7-13(2)9-14(8-12)10-18-16-5-3-15(4-6-16)17-20-19-11-21-17/h3-9,11,18H,10H2,1-2H3. The van der Waals surface area contributed by atoms with Gasteiger partial charge < -0.3 is 9.73 Å². The molecule has 0 fully saturated rings. The molecule has 0 saturated carbocycles. The number of aromatic nitrogens is 2. The molecule has 3 aromatic rings. The van der Waals surface area contributed by atoms with Gasteiger partial charge in [-0.2, -0.15) is 0 Å². The van der Waals surface area contributed by atoms with E-state index in [-0.39, 0.29) is 0 Å². The first-order valence-corrected chi connectivity index (χ1v) is 6.88. The molecule has 3 rings (SSSR count). The maximum Gasteiger partial charge on any atom is 0.247 e. The number of rotatable bonds is 4. The zero-order valence-corrected chi connectivity index (χ0v) is 12.1. The normalized spacial score (nSPS) is 10.6. The van der Waals surface area contributed by atoms with Crippen molar-refractivity contribution in [3.8, 4) is 11.5 Å². The highest BCUT2D eigenvalue weighted by molar-refractivity contribution is 5.58. The van der Waals surface area contributed by atoms with Gasteiger partial charge >= 0.3 is 0 Å². The molecule has 21 heavy (non-hydrogen) atoms.